The van der Waals surface area contributed by atoms with Crippen molar-refractivity contribution >= 4 is 28.9 Å². The van der Waals surface area contributed by atoms with E-state index in [0.717, 1.165) is 0 Å². The zero-order valence-corrected chi connectivity index (χ0v) is 21.2. The Balaban J connectivity index is 1.98. The second-order valence-corrected chi connectivity index (χ2v) is 10.4. The van der Waals surface area contributed by atoms with E-state index in [1.807, 2.05) is 13.8 Å². The monoisotopic (exact) mass is 487 g/mol. The molecule has 2 aromatic rings. The number of carbonyl (C=O) groups is 3. The number of nitroso groups, excluding NO2 is 1. The van der Waals surface area contributed by atoms with Crippen molar-refractivity contribution in [3.63, 3.8) is 0 Å². The third kappa shape index (κ3) is 3.78. The molecule has 2 aromatic carbocycles. The Kier molecular flexibility index (Phi) is 6.04. The van der Waals surface area contributed by atoms with E-state index < -0.39 is 22.6 Å². The maximum absolute atomic E-state index is 13.7. The fourth-order valence-electron chi connectivity index (χ4n) is 4.48. The number of hydrogen-bond donors (Lipinski definition) is 1. The maximum atomic E-state index is 13.7. The minimum absolute atomic E-state index is 0.00342. The van der Waals surface area contributed by atoms with Gasteiger partial charge in [-0.3, -0.25) is 14.4 Å². The summed E-state index contributed by atoms with van der Waals surface area (Å²) >= 11 is 0. The van der Waals surface area contributed by atoms with Crippen LogP contribution in [0.15, 0.2) is 65.7 Å². The molecule has 0 saturated carbocycles. The average molecular weight is 488 g/mol. The molecule has 0 atom stereocenters. The topological polar surface area (TPSA) is 110 Å². The lowest BCUT2D eigenvalue weighted by Gasteiger charge is -2.40. The van der Waals surface area contributed by atoms with Gasteiger partial charge in [0.05, 0.1) is 21.4 Å². The average Bonchev–Trinajstić information content (AvgIpc) is 3.12. The number of amides is 1. The molecule has 0 saturated heterocycles. The molecule has 1 N–H and O–H groups in total. The van der Waals surface area contributed by atoms with Crippen molar-refractivity contribution in [1.29, 1.82) is 0 Å². The van der Waals surface area contributed by atoms with Gasteiger partial charge in [0.15, 0.2) is 5.78 Å². The van der Waals surface area contributed by atoms with Crippen LogP contribution in [0, 0.1) is 10.1 Å². The molecule has 0 aromatic heterocycles. The van der Waals surface area contributed by atoms with E-state index in [1.54, 1.807) is 54.6 Å². The van der Waals surface area contributed by atoms with Crippen LogP contribution in [0.3, 0.4) is 0 Å². The molecule has 0 fully saturated rings. The van der Waals surface area contributed by atoms with Crippen molar-refractivity contribution in [2.75, 3.05) is 0 Å². The Morgan fingerprint density at radius 3 is 2.03 bits per heavy atom. The van der Waals surface area contributed by atoms with Crippen LogP contribution in [-0.4, -0.2) is 44.4 Å². The van der Waals surface area contributed by atoms with Crippen molar-refractivity contribution in [3.05, 3.63) is 92.5 Å². The van der Waals surface area contributed by atoms with Crippen molar-refractivity contribution in [3.8, 4) is 0 Å². The number of hydrogen-bond acceptors (Lipinski definition) is 6. The summed E-state index contributed by atoms with van der Waals surface area (Å²) < 4.78 is 0.623. The lowest BCUT2D eigenvalue weighted by molar-refractivity contribution is -0.512. The van der Waals surface area contributed by atoms with Crippen LogP contribution in [0.4, 0.5) is 0 Å². The standard InChI is InChI=1S/C28H29N3O5/c1-16(2)29-26(34)19-14-12-18(13-15-19)23-21(25(33)28(5,6)31(23)36)20-22(17-10-8-7-9-11-17)30(35)27(3,4)24(20)32/h7-16H,1-6H3,(H,29,34). The zero-order chi connectivity index (χ0) is 26.6. The number of ketones is 2. The summed E-state index contributed by atoms with van der Waals surface area (Å²) in [5.74, 6) is -1.34. The van der Waals surface area contributed by atoms with Gasteiger partial charge in [-0.15, -0.1) is 0 Å². The summed E-state index contributed by atoms with van der Waals surface area (Å²) in [7, 11) is 0. The fraction of sp³-hybridized carbons (Fsp3) is 0.321. The zero-order valence-electron chi connectivity index (χ0n) is 21.2. The molecule has 8 nitrogen and oxygen atoms in total. The molecule has 186 valence electrons. The Morgan fingerprint density at radius 2 is 1.47 bits per heavy atom. The van der Waals surface area contributed by atoms with Gasteiger partial charge in [0.2, 0.25) is 5.78 Å². The van der Waals surface area contributed by atoms with Gasteiger partial charge in [-0.1, -0.05) is 30.3 Å². The van der Waals surface area contributed by atoms with Gasteiger partial charge < -0.3 is 15.6 Å². The number of hydroxylamine groups is 2. The number of Topliss-reactive ketones (excluding diaryl/α,β-unsaturated/α-hetero) is 2. The highest BCUT2D eigenvalue weighted by atomic mass is 16.5. The third-order valence-corrected chi connectivity index (χ3v) is 6.60. The van der Waals surface area contributed by atoms with Crippen molar-refractivity contribution in [1.82, 2.24) is 10.4 Å². The Hall–Kier alpha value is -3.91. The molecule has 0 bridgehead atoms. The Morgan fingerprint density at radius 1 is 0.889 bits per heavy atom. The largest absolute Gasteiger partial charge is 0.758 e. The second kappa shape index (κ2) is 8.64. The van der Waals surface area contributed by atoms with Gasteiger partial charge in [0.1, 0.15) is 5.57 Å². The number of rotatable bonds is 5. The van der Waals surface area contributed by atoms with E-state index in [0.29, 0.717) is 26.5 Å². The maximum Gasteiger partial charge on any atom is 0.276 e. The molecular formula is C28H29N3O5. The van der Waals surface area contributed by atoms with Crippen LogP contribution >= 0.6 is 0 Å². The quantitative estimate of drug-likeness (QED) is 0.632. The highest BCUT2D eigenvalue weighted by molar-refractivity contribution is 6.27. The number of nitrogens with zero attached hydrogens (tertiary/aromatic N) is 2. The van der Waals surface area contributed by atoms with Crippen LogP contribution in [0.5, 0.6) is 0 Å². The number of nitrogens with one attached hydrogen (secondary N) is 1. The molecule has 2 aliphatic rings. The molecule has 2 heterocycles. The summed E-state index contributed by atoms with van der Waals surface area (Å²) in [5.41, 5.74) is -1.79. The van der Waals surface area contributed by atoms with E-state index in [4.69, 9.17) is 0 Å². The third-order valence-electron chi connectivity index (χ3n) is 6.60. The fourth-order valence-corrected chi connectivity index (χ4v) is 4.48. The molecule has 4 rings (SSSR count). The van der Waals surface area contributed by atoms with E-state index >= 15 is 0 Å². The predicted octanol–water partition coefficient (Wildman–Crippen LogP) is 4.25. The molecule has 2 aliphatic heterocycles. The van der Waals surface area contributed by atoms with Gasteiger partial charge in [-0.05, 0) is 57.5 Å². The number of carbonyl (C=O) groups excluding carboxylic acids is 3. The minimum atomic E-state index is -1.49. The van der Waals surface area contributed by atoms with Crippen LogP contribution in [0.1, 0.15) is 63.0 Å². The lowest BCUT2D eigenvalue weighted by Crippen LogP contribution is -2.41. The van der Waals surface area contributed by atoms with Gasteiger partial charge in [0.25, 0.3) is 17.1 Å². The Bertz CT molecular complexity index is 1350. The van der Waals surface area contributed by atoms with Crippen molar-refractivity contribution in [2.24, 2.45) is 0 Å². The molecule has 0 aliphatic carbocycles. The van der Waals surface area contributed by atoms with Crippen LogP contribution in [0.2, 0.25) is 0 Å². The number of benzene rings is 2. The summed E-state index contributed by atoms with van der Waals surface area (Å²) in [6.07, 6.45) is 0. The molecule has 36 heavy (non-hydrogen) atoms. The normalized spacial score (nSPS) is 19.1. The first-order valence-corrected chi connectivity index (χ1v) is 11.8. The first kappa shape index (κ1) is 25.2. The van der Waals surface area contributed by atoms with Crippen LogP contribution in [-0.2, 0) is 9.59 Å². The van der Waals surface area contributed by atoms with E-state index in [9.17, 15) is 24.5 Å². The first-order chi connectivity index (χ1) is 16.8. The van der Waals surface area contributed by atoms with E-state index in [-0.39, 0.29) is 34.5 Å². The molecule has 0 radical (unpaired) electrons. The molecule has 1 amide bonds. The van der Waals surface area contributed by atoms with E-state index in [2.05, 4.69) is 5.32 Å². The highest BCUT2D eigenvalue weighted by Gasteiger charge is 2.60. The summed E-state index contributed by atoms with van der Waals surface area (Å²) in [6.45, 7) is 9.68. The SMILES string of the molecule is CC(C)NC(=O)c1ccc(C2=C(C3=C(c4ccccc4)[N+](=O)C(C)(C)C3=O)C(=O)C(C)(C)N2[O-])cc1. The summed E-state index contributed by atoms with van der Waals surface area (Å²) in [5, 5.41) is 16.9. The van der Waals surface area contributed by atoms with Gasteiger partial charge in [-0.25, -0.2) is 0 Å². The first-order valence-electron chi connectivity index (χ1n) is 11.8. The summed E-state index contributed by atoms with van der Waals surface area (Å²) in [6, 6.07) is 14.9. The lowest BCUT2D eigenvalue weighted by atomic mass is 9.86. The minimum Gasteiger partial charge on any atom is -0.758 e. The molecule has 0 unspecified atom stereocenters. The van der Waals surface area contributed by atoms with E-state index in [1.165, 1.54) is 27.7 Å². The van der Waals surface area contributed by atoms with Crippen molar-refractivity contribution in [2.45, 2.75) is 58.7 Å². The van der Waals surface area contributed by atoms with Crippen molar-refractivity contribution < 1.29 is 19.1 Å². The Labute approximate surface area is 209 Å². The highest BCUT2D eigenvalue weighted by Crippen LogP contribution is 2.47. The summed E-state index contributed by atoms with van der Waals surface area (Å²) in [4.78, 5) is 53.1. The molecule has 0 spiro atoms. The van der Waals surface area contributed by atoms with Crippen LogP contribution < -0.4 is 5.32 Å². The van der Waals surface area contributed by atoms with Gasteiger partial charge >= 0.3 is 0 Å². The smallest absolute Gasteiger partial charge is 0.276 e. The van der Waals surface area contributed by atoms with Gasteiger partial charge in [0, 0.05) is 36.1 Å². The predicted molar refractivity (Wildman–Crippen MR) is 136 cm³/mol. The van der Waals surface area contributed by atoms with Crippen LogP contribution in [0.25, 0.3) is 11.4 Å². The molecule has 8 heteroatoms. The second-order valence-electron chi connectivity index (χ2n) is 10.4. The van der Waals surface area contributed by atoms with Gasteiger partial charge in [-0.2, -0.15) is 0 Å². The molecular weight excluding hydrogens is 458 g/mol.